The molecule has 0 saturated carbocycles. The van der Waals surface area contributed by atoms with Crippen molar-refractivity contribution < 1.29 is 8.42 Å². The van der Waals surface area contributed by atoms with Crippen LogP contribution < -0.4 is 5.43 Å². The van der Waals surface area contributed by atoms with Crippen LogP contribution in [0.5, 0.6) is 0 Å². The molecule has 3 aromatic rings. The Morgan fingerprint density at radius 2 is 1.63 bits per heavy atom. The van der Waals surface area contributed by atoms with Crippen LogP contribution in [0.3, 0.4) is 0 Å². The second-order valence-corrected chi connectivity index (χ2v) is 6.71. The molecule has 0 aliphatic heterocycles. The fraction of sp³-hybridized carbons (Fsp3) is 0. The molecule has 0 saturated heterocycles. The van der Waals surface area contributed by atoms with Crippen molar-refractivity contribution in [1.82, 2.24) is 4.98 Å². The molecule has 19 heavy (non-hydrogen) atoms. The zero-order chi connectivity index (χ0) is 13.6. The van der Waals surface area contributed by atoms with Gasteiger partial charge in [0.2, 0.25) is 0 Å². The molecule has 0 aliphatic carbocycles. The Balaban J connectivity index is 2.50. The average Bonchev–Trinajstić information content (AvgIpc) is 2.37. The summed E-state index contributed by atoms with van der Waals surface area (Å²) >= 11 is 0. The number of halogens is 1. The van der Waals surface area contributed by atoms with Crippen LogP contribution in [0.4, 0.5) is 0 Å². The van der Waals surface area contributed by atoms with Gasteiger partial charge in [0.1, 0.15) is 0 Å². The van der Waals surface area contributed by atoms with E-state index in [1.54, 1.807) is 24.3 Å². The third-order valence-corrected chi connectivity index (χ3v) is 4.31. The van der Waals surface area contributed by atoms with E-state index in [0.29, 0.717) is 21.8 Å². The molecule has 1 aromatic heterocycles. The zero-order valence-corrected chi connectivity index (χ0v) is 11.1. The lowest BCUT2D eigenvalue weighted by Gasteiger charge is -2.03. The summed E-state index contributed by atoms with van der Waals surface area (Å²) in [6.07, 6.45) is 0. The molecule has 6 heteroatoms. The first kappa shape index (κ1) is 12.2. The highest BCUT2D eigenvalue weighted by atomic mass is 35.7. The number of nitrogens with one attached hydrogen (secondary N) is 1. The standard InChI is InChI=1S/C13H8ClNO3S/c14-19(17,18)8-5-6-12-10(7-8)13(16)9-3-1-2-4-11(9)15-12/h1-7H,(H,15,16). The van der Waals surface area contributed by atoms with Crippen molar-refractivity contribution in [1.29, 1.82) is 0 Å². The quantitative estimate of drug-likeness (QED) is 0.554. The molecule has 0 amide bonds. The first-order valence-electron chi connectivity index (χ1n) is 5.46. The van der Waals surface area contributed by atoms with Crippen molar-refractivity contribution in [3.63, 3.8) is 0 Å². The molecule has 96 valence electrons. The molecule has 1 N–H and O–H groups in total. The Hall–Kier alpha value is -1.85. The van der Waals surface area contributed by atoms with Crippen molar-refractivity contribution in [3.05, 3.63) is 52.7 Å². The summed E-state index contributed by atoms with van der Waals surface area (Å²) < 4.78 is 22.6. The minimum Gasteiger partial charge on any atom is -0.354 e. The van der Waals surface area contributed by atoms with E-state index < -0.39 is 9.05 Å². The summed E-state index contributed by atoms with van der Waals surface area (Å²) in [6.45, 7) is 0. The predicted molar refractivity (Wildman–Crippen MR) is 75.1 cm³/mol. The molecular weight excluding hydrogens is 286 g/mol. The maximum atomic E-state index is 12.3. The van der Waals surface area contributed by atoms with Crippen LogP contribution in [0, 0.1) is 0 Å². The number of pyridine rings is 1. The van der Waals surface area contributed by atoms with Gasteiger partial charge in [-0.2, -0.15) is 0 Å². The summed E-state index contributed by atoms with van der Waals surface area (Å²) in [7, 11) is 1.44. The van der Waals surface area contributed by atoms with Crippen molar-refractivity contribution in [2.45, 2.75) is 4.90 Å². The molecular formula is C13H8ClNO3S. The number of fused-ring (bicyclic) bond motifs is 2. The smallest absolute Gasteiger partial charge is 0.261 e. The molecule has 2 aromatic carbocycles. The number of para-hydroxylation sites is 1. The highest BCUT2D eigenvalue weighted by Gasteiger charge is 2.12. The van der Waals surface area contributed by atoms with Gasteiger partial charge in [0.15, 0.2) is 5.43 Å². The number of hydrogen-bond acceptors (Lipinski definition) is 3. The fourth-order valence-electron chi connectivity index (χ4n) is 2.05. The second-order valence-electron chi connectivity index (χ2n) is 4.14. The van der Waals surface area contributed by atoms with E-state index in [2.05, 4.69) is 4.98 Å². The van der Waals surface area contributed by atoms with E-state index in [4.69, 9.17) is 10.7 Å². The maximum Gasteiger partial charge on any atom is 0.261 e. The van der Waals surface area contributed by atoms with Crippen LogP contribution in [-0.2, 0) is 9.05 Å². The van der Waals surface area contributed by atoms with E-state index >= 15 is 0 Å². The molecule has 0 atom stereocenters. The van der Waals surface area contributed by atoms with Crippen LogP contribution in [0.15, 0.2) is 52.2 Å². The minimum absolute atomic E-state index is 0.0811. The van der Waals surface area contributed by atoms with Gasteiger partial charge in [-0.25, -0.2) is 8.42 Å². The number of rotatable bonds is 1. The fourth-order valence-corrected chi connectivity index (χ4v) is 2.83. The van der Waals surface area contributed by atoms with Crippen LogP contribution >= 0.6 is 10.7 Å². The van der Waals surface area contributed by atoms with Crippen molar-refractivity contribution in [2.75, 3.05) is 0 Å². The van der Waals surface area contributed by atoms with Gasteiger partial charge in [0.25, 0.3) is 9.05 Å². The van der Waals surface area contributed by atoms with Crippen LogP contribution in [-0.4, -0.2) is 13.4 Å². The van der Waals surface area contributed by atoms with Crippen molar-refractivity contribution in [2.24, 2.45) is 0 Å². The number of hydrogen-bond donors (Lipinski definition) is 1. The largest absolute Gasteiger partial charge is 0.354 e. The van der Waals surface area contributed by atoms with Gasteiger partial charge in [0.05, 0.1) is 4.90 Å². The van der Waals surface area contributed by atoms with Gasteiger partial charge in [-0.3, -0.25) is 4.79 Å². The molecule has 0 aliphatic rings. The molecule has 3 rings (SSSR count). The van der Waals surface area contributed by atoms with Crippen LogP contribution in [0.1, 0.15) is 0 Å². The molecule has 1 heterocycles. The lowest BCUT2D eigenvalue weighted by Crippen LogP contribution is -2.05. The Morgan fingerprint density at radius 1 is 0.947 bits per heavy atom. The molecule has 0 radical (unpaired) electrons. The molecule has 0 bridgehead atoms. The Labute approximate surface area is 113 Å². The lowest BCUT2D eigenvalue weighted by atomic mass is 10.1. The number of aromatic nitrogens is 1. The summed E-state index contributed by atoms with van der Waals surface area (Å²) in [6, 6.07) is 11.3. The molecule has 0 fully saturated rings. The highest BCUT2D eigenvalue weighted by molar-refractivity contribution is 8.13. The van der Waals surface area contributed by atoms with E-state index in [1.165, 1.54) is 12.1 Å². The highest BCUT2D eigenvalue weighted by Crippen LogP contribution is 2.20. The van der Waals surface area contributed by atoms with E-state index in [-0.39, 0.29) is 10.3 Å². The number of aromatic amines is 1. The minimum atomic E-state index is -3.84. The van der Waals surface area contributed by atoms with Crippen molar-refractivity contribution >= 4 is 41.5 Å². The zero-order valence-electron chi connectivity index (χ0n) is 9.55. The van der Waals surface area contributed by atoms with E-state index in [1.807, 2.05) is 6.07 Å². The van der Waals surface area contributed by atoms with E-state index in [9.17, 15) is 13.2 Å². The van der Waals surface area contributed by atoms with Gasteiger partial charge in [0, 0.05) is 32.5 Å². The average molecular weight is 294 g/mol. The third-order valence-electron chi connectivity index (χ3n) is 2.96. The second kappa shape index (κ2) is 4.08. The van der Waals surface area contributed by atoms with Gasteiger partial charge in [-0.05, 0) is 30.3 Å². The lowest BCUT2D eigenvalue weighted by molar-refractivity contribution is 0.609. The van der Waals surface area contributed by atoms with Gasteiger partial charge in [-0.1, -0.05) is 12.1 Å². The number of H-pyrrole nitrogens is 1. The Morgan fingerprint density at radius 3 is 2.37 bits per heavy atom. The number of benzene rings is 2. The Bertz CT molecular complexity index is 960. The van der Waals surface area contributed by atoms with Crippen molar-refractivity contribution in [3.8, 4) is 0 Å². The monoisotopic (exact) mass is 293 g/mol. The first-order valence-corrected chi connectivity index (χ1v) is 7.77. The Kier molecular flexibility index (Phi) is 2.62. The maximum absolute atomic E-state index is 12.3. The van der Waals surface area contributed by atoms with Crippen LogP contribution in [0.25, 0.3) is 21.8 Å². The SMILES string of the molecule is O=c1c2ccccc2[nH]c2ccc(S(=O)(=O)Cl)cc12. The summed E-state index contributed by atoms with van der Waals surface area (Å²) in [4.78, 5) is 15.3. The first-order chi connectivity index (χ1) is 8.97. The molecule has 4 nitrogen and oxygen atoms in total. The summed E-state index contributed by atoms with van der Waals surface area (Å²) in [5.41, 5.74) is 1.07. The normalized spacial score (nSPS) is 12.1. The summed E-state index contributed by atoms with van der Waals surface area (Å²) in [5, 5.41) is 0.819. The summed E-state index contributed by atoms with van der Waals surface area (Å²) in [5.74, 6) is 0. The molecule has 0 spiro atoms. The van der Waals surface area contributed by atoms with Crippen LogP contribution in [0.2, 0.25) is 0 Å². The predicted octanol–water partition coefficient (Wildman–Crippen LogP) is 2.61. The van der Waals surface area contributed by atoms with E-state index in [0.717, 1.165) is 0 Å². The topological polar surface area (TPSA) is 67.0 Å². The van der Waals surface area contributed by atoms with Gasteiger partial charge >= 0.3 is 0 Å². The molecule has 0 unspecified atom stereocenters. The third kappa shape index (κ3) is 2.01. The van der Waals surface area contributed by atoms with Gasteiger partial charge < -0.3 is 4.98 Å². The van der Waals surface area contributed by atoms with Gasteiger partial charge in [-0.15, -0.1) is 0 Å².